The lowest BCUT2D eigenvalue weighted by Crippen LogP contribution is -1.89. The monoisotopic (exact) mass is 180 g/mol. The van der Waals surface area contributed by atoms with Gasteiger partial charge in [-0.3, -0.25) is 0 Å². The van der Waals surface area contributed by atoms with Crippen LogP contribution in [0.4, 0.5) is 0 Å². The minimum Gasteiger partial charge on any atom is -0.149 e. The van der Waals surface area contributed by atoms with Crippen molar-refractivity contribution in [3.05, 3.63) is 29.1 Å². The van der Waals surface area contributed by atoms with Crippen molar-refractivity contribution in [2.45, 2.75) is 19.3 Å². The van der Waals surface area contributed by atoms with E-state index >= 15 is 0 Å². The molecule has 0 unspecified atom stereocenters. The van der Waals surface area contributed by atoms with E-state index in [1.165, 1.54) is 18.4 Å². The first-order chi connectivity index (χ1) is 5.86. The van der Waals surface area contributed by atoms with E-state index in [2.05, 4.69) is 16.3 Å². The number of hydrogen-bond acceptors (Lipinski definition) is 2. The highest BCUT2D eigenvalue weighted by atomic mass is 35.5. The second-order valence-corrected chi connectivity index (χ2v) is 3.25. The number of halogens is 1. The lowest BCUT2D eigenvalue weighted by molar-refractivity contribution is 0.925. The van der Waals surface area contributed by atoms with E-state index in [1.54, 1.807) is 6.07 Å². The Labute approximate surface area is 76.3 Å². The summed E-state index contributed by atoms with van der Waals surface area (Å²) in [7, 11) is 0. The van der Waals surface area contributed by atoms with Gasteiger partial charge in [0.15, 0.2) is 5.15 Å². The lowest BCUT2D eigenvalue weighted by Gasteiger charge is -1.98. The molecule has 1 aromatic heterocycles. The zero-order chi connectivity index (χ0) is 8.39. The molecule has 1 aliphatic carbocycles. The summed E-state index contributed by atoms with van der Waals surface area (Å²) in [5, 5.41) is 8.26. The molecule has 0 amide bonds. The topological polar surface area (TPSA) is 25.8 Å². The Morgan fingerprint density at radius 1 is 1.25 bits per heavy atom. The van der Waals surface area contributed by atoms with Crippen molar-refractivity contribution in [1.82, 2.24) is 10.2 Å². The summed E-state index contributed by atoms with van der Waals surface area (Å²) in [6.45, 7) is 0. The molecule has 1 aliphatic rings. The van der Waals surface area contributed by atoms with Crippen LogP contribution in [0.15, 0.2) is 18.2 Å². The van der Waals surface area contributed by atoms with Crippen molar-refractivity contribution in [2.24, 2.45) is 0 Å². The number of hydrogen-bond donors (Lipinski definition) is 0. The molecule has 12 heavy (non-hydrogen) atoms. The first kappa shape index (κ1) is 7.74. The molecule has 2 nitrogen and oxygen atoms in total. The van der Waals surface area contributed by atoms with Gasteiger partial charge >= 0.3 is 0 Å². The number of allylic oxidation sites excluding steroid dienone is 2. The summed E-state index contributed by atoms with van der Waals surface area (Å²) in [5.41, 5.74) is 2.27. The maximum absolute atomic E-state index is 5.63. The summed E-state index contributed by atoms with van der Waals surface area (Å²) in [6, 6.07) is 3.70. The van der Waals surface area contributed by atoms with Gasteiger partial charge in [0, 0.05) is 0 Å². The van der Waals surface area contributed by atoms with E-state index in [-0.39, 0.29) is 0 Å². The maximum atomic E-state index is 5.63. The van der Waals surface area contributed by atoms with Crippen molar-refractivity contribution in [1.29, 1.82) is 0 Å². The van der Waals surface area contributed by atoms with Crippen molar-refractivity contribution < 1.29 is 0 Å². The van der Waals surface area contributed by atoms with E-state index in [0.29, 0.717) is 5.15 Å². The predicted octanol–water partition coefficient (Wildman–Crippen LogP) is 2.70. The molecule has 0 saturated carbocycles. The van der Waals surface area contributed by atoms with Gasteiger partial charge in [0.05, 0.1) is 5.69 Å². The van der Waals surface area contributed by atoms with Gasteiger partial charge in [0.25, 0.3) is 0 Å². The van der Waals surface area contributed by atoms with Crippen LogP contribution in [0.1, 0.15) is 25.0 Å². The van der Waals surface area contributed by atoms with Crippen molar-refractivity contribution >= 4 is 17.2 Å². The summed E-state index contributed by atoms with van der Waals surface area (Å²) in [5.74, 6) is 0. The quantitative estimate of drug-likeness (QED) is 0.664. The summed E-state index contributed by atoms with van der Waals surface area (Å²) in [6.07, 6.45) is 5.74. The highest BCUT2D eigenvalue weighted by molar-refractivity contribution is 6.29. The predicted molar refractivity (Wildman–Crippen MR) is 48.9 cm³/mol. The molecule has 0 N–H and O–H groups in total. The summed E-state index contributed by atoms with van der Waals surface area (Å²) < 4.78 is 0. The third-order valence-electron chi connectivity index (χ3n) is 2.00. The average molecular weight is 181 g/mol. The molecule has 1 heterocycles. The number of aromatic nitrogens is 2. The fraction of sp³-hybridized carbons (Fsp3) is 0.333. The molecule has 0 spiro atoms. The van der Waals surface area contributed by atoms with Gasteiger partial charge in [-0.2, -0.15) is 0 Å². The first-order valence-corrected chi connectivity index (χ1v) is 4.43. The van der Waals surface area contributed by atoms with E-state index in [9.17, 15) is 0 Å². The Bertz CT molecular complexity index is 303. The highest BCUT2D eigenvalue weighted by Gasteiger charge is 2.08. The molecular weight excluding hydrogens is 172 g/mol. The van der Waals surface area contributed by atoms with E-state index in [4.69, 9.17) is 11.6 Å². The van der Waals surface area contributed by atoms with Crippen molar-refractivity contribution in [2.75, 3.05) is 0 Å². The first-order valence-electron chi connectivity index (χ1n) is 4.05. The molecule has 2 rings (SSSR count). The van der Waals surface area contributed by atoms with Crippen LogP contribution in [-0.4, -0.2) is 10.2 Å². The second-order valence-electron chi connectivity index (χ2n) is 2.86. The highest BCUT2D eigenvalue weighted by Crippen LogP contribution is 2.25. The Hall–Kier alpha value is -0.890. The minimum absolute atomic E-state index is 0.456. The Kier molecular flexibility index (Phi) is 2.09. The molecule has 0 radical (unpaired) electrons. The van der Waals surface area contributed by atoms with Crippen LogP contribution < -0.4 is 0 Å². The number of nitrogens with zero attached hydrogens (tertiary/aromatic N) is 2. The fourth-order valence-corrected chi connectivity index (χ4v) is 1.49. The Morgan fingerprint density at radius 2 is 2.17 bits per heavy atom. The molecular formula is C9H9ClN2. The summed E-state index contributed by atoms with van der Waals surface area (Å²) in [4.78, 5) is 0. The van der Waals surface area contributed by atoms with Gasteiger partial charge in [0.1, 0.15) is 0 Å². The number of rotatable bonds is 1. The van der Waals surface area contributed by atoms with Crippen molar-refractivity contribution in [3.63, 3.8) is 0 Å². The van der Waals surface area contributed by atoms with Crippen molar-refractivity contribution in [3.8, 4) is 0 Å². The molecule has 0 fully saturated rings. The molecule has 0 aromatic carbocycles. The van der Waals surface area contributed by atoms with Gasteiger partial charge in [-0.05, 0) is 37.0 Å². The van der Waals surface area contributed by atoms with Gasteiger partial charge < -0.3 is 0 Å². The smallest absolute Gasteiger partial charge is 0.149 e. The second kappa shape index (κ2) is 3.23. The standard InChI is InChI=1S/C9H9ClN2/c10-9-6-5-8(11-12-9)7-3-1-2-4-7/h3,5-6H,1-2,4H2. The molecule has 62 valence electrons. The molecule has 0 atom stereocenters. The van der Waals surface area contributed by atoms with Crippen LogP contribution in [0.2, 0.25) is 5.15 Å². The molecule has 0 bridgehead atoms. The summed E-state index contributed by atoms with van der Waals surface area (Å²) >= 11 is 5.63. The van der Waals surface area contributed by atoms with Gasteiger partial charge in [-0.15, -0.1) is 10.2 Å². The third kappa shape index (κ3) is 1.48. The minimum atomic E-state index is 0.456. The SMILES string of the molecule is Clc1ccc(C2=CCCC2)nn1. The van der Waals surface area contributed by atoms with Crippen LogP contribution in [0.25, 0.3) is 5.57 Å². The van der Waals surface area contributed by atoms with Gasteiger partial charge in [-0.1, -0.05) is 17.7 Å². The third-order valence-corrected chi connectivity index (χ3v) is 2.20. The van der Waals surface area contributed by atoms with Gasteiger partial charge in [-0.25, -0.2) is 0 Å². The van der Waals surface area contributed by atoms with E-state index in [0.717, 1.165) is 12.1 Å². The fourth-order valence-electron chi connectivity index (χ4n) is 1.39. The van der Waals surface area contributed by atoms with Crippen LogP contribution in [-0.2, 0) is 0 Å². The molecule has 1 aromatic rings. The van der Waals surface area contributed by atoms with Crippen LogP contribution in [0, 0.1) is 0 Å². The molecule has 0 saturated heterocycles. The zero-order valence-corrected chi connectivity index (χ0v) is 7.38. The zero-order valence-electron chi connectivity index (χ0n) is 6.63. The average Bonchev–Trinajstić information content (AvgIpc) is 2.58. The Balaban J connectivity index is 2.28. The van der Waals surface area contributed by atoms with Crippen LogP contribution in [0.3, 0.4) is 0 Å². The normalized spacial score (nSPS) is 16.2. The van der Waals surface area contributed by atoms with Crippen LogP contribution in [0.5, 0.6) is 0 Å². The van der Waals surface area contributed by atoms with Gasteiger partial charge in [0.2, 0.25) is 0 Å². The largest absolute Gasteiger partial charge is 0.151 e. The molecule has 0 aliphatic heterocycles. The Morgan fingerprint density at radius 3 is 2.75 bits per heavy atom. The van der Waals surface area contributed by atoms with E-state index < -0.39 is 0 Å². The van der Waals surface area contributed by atoms with Crippen LogP contribution >= 0.6 is 11.6 Å². The molecule has 3 heteroatoms. The lowest BCUT2D eigenvalue weighted by atomic mass is 10.1. The maximum Gasteiger partial charge on any atom is 0.151 e. The van der Waals surface area contributed by atoms with E-state index in [1.807, 2.05) is 6.07 Å².